The Labute approximate surface area is 128 Å². The van der Waals surface area contributed by atoms with E-state index in [1.54, 1.807) is 13.8 Å². The van der Waals surface area contributed by atoms with E-state index in [0.717, 1.165) is 5.75 Å². The number of rotatable bonds is 4. The second-order valence-corrected chi connectivity index (χ2v) is 6.52. The summed E-state index contributed by atoms with van der Waals surface area (Å²) in [7, 11) is 0. The molecule has 0 spiro atoms. The molecule has 1 aliphatic rings. The quantitative estimate of drug-likeness (QED) is 0.797. The van der Waals surface area contributed by atoms with Gasteiger partial charge >= 0.3 is 5.97 Å². The van der Waals surface area contributed by atoms with Gasteiger partial charge in [-0.2, -0.15) is 0 Å². The first-order valence-corrected chi connectivity index (χ1v) is 8.38. The SMILES string of the molecule is CCOC(=O)C(C)Oc1ccc2c3c(sc2c1)CCCC3. The summed E-state index contributed by atoms with van der Waals surface area (Å²) in [6, 6.07) is 6.14. The average Bonchev–Trinajstić information content (AvgIpc) is 2.85. The minimum absolute atomic E-state index is 0.317. The number of carbonyl (C=O) groups is 1. The standard InChI is InChI=1S/C17H20O3S/c1-3-19-17(18)11(2)20-12-8-9-14-13-6-4-5-7-15(13)21-16(14)10-12/h8-11H,3-7H2,1-2H3. The van der Waals surface area contributed by atoms with Gasteiger partial charge in [0.05, 0.1) is 6.61 Å². The van der Waals surface area contributed by atoms with E-state index in [-0.39, 0.29) is 5.97 Å². The Bertz CT molecular complexity index is 659. The van der Waals surface area contributed by atoms with Gasteiger partial charge in [0.15, 0.2) is 6.10 Å². The minimum atomic E-state index is -0.572. The minimum Gasteiger partial charge on any atom is -0.479 e. The van der Waals surface area contributed by atoms with Crippen molar-refractivity contribution in [1.29, 1.82) is 0 Å². The van der Waals surface area contributed by atoms with Crippen LogP contribution in [0.25, 0.3) is 10.1 Å². The Morgan fingerprint density at radius 3 is 2.95 bits per heavy atom. The van der Waals surface area contributed by atoms with Gasteiger partial charge < -0.3 is 9.47 Å². The number of hydrogen-bond acceptors (Lipinski definition) is 4. The Morgan fingerprint density at radius 2 is 2.14 bits per heavy atom. The van der Waals surface area contributed by atoms with Crippen molar-refractivity contribution in [2.24, 2.45) is 0 Å². The molecule has 1 atom stereocenters. The predicted molar refractivity (Wildman–Crippen MR) is 85.2 cm³/mol. The zero-order valence-electron chi connectivity index (χ0n) is 12.5. The highest BCUT2D eigenvalue weighted by molar-refractivity contribution is 7.19. The first-order chi connectivity index (χ1) is 10.2. The van der Waals surface area contributed by atoms with Crippen molar-refractivity contribution in [3.05, 3.63) is 28.6 Å². The largest absolute Gasteiger partial charge is 0.479 e. The summed E-state index contributed by atoms with van der Waals surface area (Å²) in [6.07, 6.45) is 4.40. The zero-order valence-corrected chi connectivity index (χ0v) is 13.3. The van der Waals surface area contributed by atoms with E-state index < -0.39 is 6.10 Å². The van der Waals surface area contributed by atoms with Gasteiger partial charge in [0.25, 0.3) is 0 Å². The van der Waals surface area contributed by atoms with E-state index in [1.807, 2.05) is 23.5 Å². The highest BCUT2D eigenvalue weighted by atomic mass is 32.1. The summed E-state index contributed by atoms with van der Waals surface area (Å²) in [5.74, 6) is 0.421. The zero-order chi connectivity index (χ0) is 14.8. The lowest BCUT2D eigenvalue weighted by atomic mass is 9.96. The van der Waals surface area contributed by atoms with Crippen LogP contribution in [0.5, 0.6) is 5.75 Å². The molecular weight excluding hydrogens is 284 g/mol. The maximum atomic E-state index is 11.6. The van der Waals surface area contributed by atoms with Gasteiger partial charge in [-0.05, 0) is 68.7 Å². The van der Waals surface area contributed by atoms with E-state index >= 15 is 0 Å². The number of thiophene rings is 1. The summed E-state index contributed by atoms with van der Waals surface area (Å²) in [6.45, 7) is 3.90. The molecule has 112 valence electrons. The molecule has 0 N–H and O–H groups in total. The molecule has 1 aromatic heterocycles. The Kier molecular flexibility index (Phi) is 4.15. The number of esters is 1. The van der Waals surface area contributed by atoms with Crippen molar-refractivity contribution < 1.29 is 14.3 Å². The van der Waals surface area contributed by atoms with Crippen molar-refractivity contribution in [1.82, 2.24) is 0 Å². The number of ether oxygens (including phenoxy) is 2. The van der Waals surface area contributed by atoms with Crippen LogP contribution in [-0.2, 0) is 22.4 Å². The van der Waals surface area contributed by atoms with Crippen molar-refractivity contribution in [3.63, 3.8) is 0 Å². The molecule has 0 aliphatic heterocycles. The molecule has 0 radical (unpaired) electrons. The van der Waals surface area contributed by atoms with Crippen molar-refractivity contribution in [2.75, 3.05) is 6.61 Å². The molecule has 2 aromatic rings. The number of fused-ring (bicyclic) bond motifs is 3. The molecule has 1 unspecified atom stereocenters. The summed E-state index contributed by atoms with van der Waals surface area (Å²) >= 11 is 1.86. The number of benzene rings is 1. The molecule has 0 amide bonds. The fourth-order valence-corrected chi connectivity index (χ4v) is 4.15. The number of hydrogen-bond donors (Lipinski definition) is 0. The Hall–Kier alpha value is -1.55. The van der Waals surface area contributed by atoms with Crippen molar-refractivity contribution in [2.45, 2.75) is 45.6 Å². The van der Waals surface area contributed by atoms with Gasteiger partial charge in [0.2, 0.25) is 0 Å². The molecule has 4 heteroatoms. The van der Waals surface area contributed by atoms with Crippen molar-refractivity contribution >= 4 is 27.4 Å². The third kappa shape index (κ3) is 2.91. The molecular formula is C17H20O3S. The second kappa shape index (κ2) is 6.06. The van der Waals surface area contributed by atoms with Crippen LogP contribution in [0.1, 0.15) is 37.1 Å². The third-order valence-corrected chi connectivity index (χ3v) is 5.11. The summed E-state index contributed by atoms with van der Waals surface area (Å²) in [5, 5.41) is 1.35. The van der Waals surface area contributed by atoms with Crippen LogP contribution in [0.3, 0.4) is 0 Å². The van der Waals surface area contributed by atoms with E-state index in [1.165, 1.54) is 46.2 Å². The molecule has 21 heavy (non-hydrogen) atoms. The predicted octanol–water partition coefficient (Wildman–Crippen LogP) is 4.11. The molecule has 1 aliphatic carbocycles. The highest BCUT2D eigenvalue weighted by Crippen LogP contribution is 2.38. The fraction of sp³-hybridized carbons (Fsp3) is 0.471. The first-order valence-electron chi connectivity index (χ1n) is 7.56. The van der Waals surface area contributed by atoms with E-state index in [4.69, 9.17) is 9.47 Å². The van der Waals surface area contributed by atoms with Crippen LogP contribution >= 0.6 is 11.3 Å². The fourth-order valence-electron chi connectivity index (χ4n) is 2.83. The van der Waals surface area contributed by atoms with Crippen LogP contribution in [0.2, 0.25) is 0 Å². The Morgan fingerprint density at radius 1 is 1.33 bits per heavy atom. The van der Waals surface area contributed by atoms with Gasteiger partial charge in [-0.15, -0.1) is 11.3 Å². The summed E-state index contributed by atoms with van der Waals surface area (Å²) in [4.78, 5) is 13.1. The average molecular weight is 304 g/mol. The van der Waals surface area contributed by atoms with Crippen LogP contribution in [0.15, 0.2) is 18.2 Å². The van der Waals surface area contributed by atoms with Crippen LogP contribution in [0, 0.1) is 0 Å². The summed E-state index contributed by atoms with van der Waals surface area (Å²) in [5.41, 5.74) is 1.52. The Balaban J connectivity index is 1.83. The maximum absolute atomic E-state index is 11.6. The van der Waals surface area contributed by atoms with E-state index in [0.29, 0.717) is 6.61 Å². The number of carbonyl (C=O) groups excluding carboxylic acids is 1. The van der Waals surface area contributed by atoms with Gasteiger partial charge in [-0.1, -0.05) is 0 Å². The van der Waals surface area contributed by atoms with E-state index in [9.17, 15) is 4.79 Å². The van der Waals surface area contributed by atoms with Gasteiger partial charge in [0, 0.05) is 9.58 Å². The van der Waals surface area contributed by atoms with Gasteiger partial charge in [0.1, 0.15) is 5.75 Å². The van der Waals surface area contributed by atoms with Crippen molar-refractivity contribution in [3.8, 4) is 5.75 Å². The molecule has 0 bridgehead atoms. The van der Waals surface area contributed by atoms with Crippen LogP contribution in [0.4, 0.5) is 0 Å². The molecule has 3 rings (SSSR count). The lowest BCUT2D eigenvalue weighted by Gasteiger charge is -2.13. The van der Waals surface area contributed by atoms with Crippen LogP contribution < -0.4 is 4.74 Å². The molecule has 3 nitrogen and oxygen atoms in total. The lowest BCUT2D eigenvalue weighted by molar-refractivity contribution is -0.150. The highest BCUT2D eigenvalue weighted by Gasteiger charge is 2.18. The topological polar surface area (TPSA) is 35.5 Å². The number of aryl methyl sites for hydroxylation is 2. The summed E-state index contributed by atoms with van der Waals surface area (Å²) < 4.78 is 11.9. The van der Waals surface area contributed by atoms with E-state index in [2.05, 4.69) is 6.07 Å². The molecule has 0 saturated heterocycles. The molecule has 1 aromatic carbocycles. The lowest BCUT2D eigenvalue weighted by Crippen LogP contribution is -2.25. The normalized spacial score (nSPS) is 15.5. The molecule has 1 heterocycles. The molecule has 0 saturated carbocycles. The second-order valence-electron chi connectivity index (χ2n) is 5.38. The maximum Gasteiger partial charge on any atom is 0.347 e. The first kappa shape index (κ1) is 14.4. The smallest absolute Gasteiger partial charge is 0.347 e. The monoisotopic (exact) mass is 304 g/mol. The van der Waals surface area contributed by atoms with Gasteiger partial charge in [-0.3, -0.25) is 0 Å². The third-order valence-electron chi connectivity index (χ3n) is 3.86. The molecule has 0 fully saturated rings. The van der Waals surface area contributed by atoms with Crippen LogP contribution in [-0.4, -0.2) is 18.7 Å². The van der Waals surface area contributed by atoms with Gasteiger partial charge in [-0.25, -0.2) is 4.79 Å².